The highest BCUT2D eigenvalue weighted by Gasteiger charge is 2.29. The fourth-order valence-corrected chi connectivity index (χ4v) is 1.29. The van der Waals surface area contributed by atoms with Crippen LogP contribution in [0, 0.1) is 0 Å². The maximum Gasteiger partial charge on any atom is 0.343 e. The number of rotatable bonds is 1. The molecule has 1 rings (SSSR count). The van der Waals surface area contributed by atoms with Crippen LogP contribution in [0.5, 0.6) is 0 Å². The summed E-state index contributed by atoms with van der Waals surface area (Å²) in [5.41, 5.74) is -0.875. The number of ether oxygens (including phenoxy) is 1. The summed E-state index contributed by atoms with van der Waals surface area (Å²) in [6, 6.07) is 0. The molecule has 0 aromatic carbocycles. The number of carboxylic acid groups (broad SMARTS) is 1. The van der Waals surface area contributed by atoms with Crippen molar-refractivity contribution in [2.75, 3.05) is 5.75 Å². The average molecular weight is 150 g/mol. The molecule has 0 bridgehead atoms. The summed E-state index contributed by atoms with van der Waals surface area (Å²) >= 11 is 1.09. The largest absolute Gasteiger partial charge is 0.479 e. The van der Waals surface area contributed by atoms with E-state index < -0.39 is 17.7 Å². The third kappa shape index (κ3) is 1.57. The van der Waals surface area contributed by atoms with Crippen molar-refractivity contribution >= 4 is 17.7 Å². The number of carbonyl (C=O) groups is 1. The van der Waals surface area contributed by atoms with E-state index in [0.717, 1.165) is 11.8 Å². The molecular weight excluding hydrogens is 144 g/mol. The van der Waals surface area contributed by atoms with Crippen LogP contribution in [0.3, 0.4) is 0 Å². The predicted molar refractivity (Wildman–Crippen MR) is 31.0 cm³/mol. The first-order chi connectivity index (χ1) is 4.20. The molecule has 0 aliphatic carbocycles. The zero-order valence-corrected chi connectivity index (χ0v) is 5.30. The van der Waals surface area contributed by atoms with Gasteiger partial charge in [0, 0.05) is 5.75 Å². The van der Waals surface area contributed by atoms with Gasteiger partial charge < -0.3 is 14.9 Å². The highest BCUT2D eigenvalue weighted by molar-refractivity contribution is 8.00. The van der Waals surface area contributed by atoms with Crippen molar-refractivity contribution in [1.29, 1.82) is 0 Å². The minimum atomic E-state index is -1.03. The van der Waals surface area contributed by atoms with Gasteiger partial charge in [-0.3, -0.25) is 0 Å². The average Bonchev–Trinajstić information content (AvgIpc) is 2.14. The van der Waals surface area contributed by atoms with Crippen LogP contribution in [0.4, 0.5) is 0 Å². The molecule has 0 aromatic heterocycles. The van der Waals surface area contributed by atoms with Crippen molar-refractivity contribution in [2.45, 2.75) is 11.7 Å². The molecule has 1 aliphatic rings. The monoisotopic (exact) mass is 150 g/mol. The Morgan fingerprint density at radius 1 is 1.78 bits per heavy atom. The Morgan fingerprint density at radius 3 is 2.67 bits per heavy atom. The minimum Gasteiger partial charge on any atom is -0.479 e. The zero-order chi connectivity index (χ0) is 6.85. The van der Waals surface area contributed by atoms with Crippen LogP contribution >= 0.6 is 11.8 Å². The normalized spacial score (nSPS) is 34.8. The summed E-state index contributed by atoms with van der Waals surface area (Å²) in [4.78, 5) is 10.1. The van der Waals surface area contributed by atoms with Gasteiger partial charge in [0.05, 0.1) is 0 Å². The fourth-order valence-electron chi connectivity index (χ4n) is 0.520. The van der Waals surface area contributed by atoms with Crippen molar-refractivity contribution < 1.29 is 19.7 Å². The molecule has 1 fully saturated rings. The number of aliphatic hydroxyl groups is 1. The SMILES string of the molecule is O=C(O)[C@H]1O[C@H](O)CS1. The van der Waals surface area contributed by atoms with Crippen LogP contribution in [0.1, 0.15) is 0 Å². The lowest BCUT2D eigenvalue weighted by Crippen LogP contribution is -2.18. The van der Waals surface area contributed by atoms with E-state index >= 15 is 0 Å². The van der Waals surface area contributed by atoms with E-state index in [9.17, 15) is 4.79 Å². The van der Waals surface area contributed by atoms with Gasteiger partial charge in [0.15, 0.2) is 6.29 Å². The second-order valence-electron chi connectivity index (χ2n) is 1.59. The number of carboxylic acids is 1. The number of aliphatic carboxylic acids is 1. The Bertz CT molecular complexity index is 126. The molecule has 2 atom stereocenters. The molecule has 9 heavy (non-hydrogen) atoms. The smallest absolute Gasteiger partial charge is 0.343 e. The van der Waals surface area contributed by atoms with E-state index in [0.29, 0.717) is 5.75 Å². The molecule has 0 saturated carbocycles. The summed E-state index contributed by atoms with van der Waals surface area (Å²) in [5, 5.41) is 16.9. The van der Waals surface area contributed by atoms with Crippen LogP contribution in [0.15, 0.2) is 0 Å². The highest BCUT2D eigenvalue weighted by atomic mass is 32.2. The highest BCUT2D eigenvalue weighted by Crippen LogP contribution is 2.23. The molecule has 1 aliphatic heterocycles. The van der Waals surface area contributed by atoms with Gasteiger partial charge in [-0.15, -0.1) is 11.8 Å². The molecule has 0 amide bonds. The molecule has 1 saturated heterocycles. The second kappa shape index (κ2) is 2.55. The maximum absolute atomic E-state index is 10.1. The lowest BCUT2D eigenvalue weighted by molar-refractivity contribution is -0.154. The van der Waals surface area contributed by atoms with Gasteiger partial charge in [0.1, 0.15) is 0 Å². The quantitative estimate of drug-likeness (QED) is 0.526. The van der Waals surface area contributed by atoms with Gasteiger partial charge in [-0.1, -0.05) is 0 Å². The van der Waals surface area contributed by atoms with E-state index in [1.54, 1.807) is 0 Å². The molecule has 2 N–H and O–H groups in total. The summed E-state index contributed by atoms with van der Waals surface area (Å²) < 4.78 is 4.54. The molecule has 52 valence electrons. The van der Waals surface area contributed by atoms with Gasteiger partial charge in [-0.05, 0) is 0 Å². The number of aliphatic hydroxyl groups excluding tert-OH is 1. The minimum absolute atomic E-state index is 0.344. The molecule has 1 heterocycles. The Hall–Kier alpha value is -0.260. The molecule has 0 unspecified atom stereocenters. The first-order valence-electron chi connectivity index (χ1n) is 2.38. The summed E-state index contributed by atoms with van der Waals surface area (Å²) in [6.07, 6.45) is -0.906. The summed E-state index contributed by atoms with van der Waals surface area (Å²) in [6.45, 7) is 0. The Balaban J connectivity index is 2.39. The van der Waals surface area contributed by atoms with E-state index in [4.69, 9.17) is 10.2 Å². The van der Waals surface area contributed by atoms with E-state index in [1.807, 2.05) is 0 Å². The van der Waals surface area contributed by atoms with Crippen LogP contribution in [0.2, 0.25) is 0 Å². The summed E-state index contributed by atoms with van der Waals surface area (Å²) in [5.74, 6) is -0.687. The third-order valence-electron chi connectivity index (χ3n) is 0.872. The van der Waals surface area contributed by atoms with Crippen LogP contribution in [0.25, 0.3) is 0 Å². The van der Waals surface area contributed by atoms with Gasteiger partial charge in [0.2, 0.25) is 5.44 Å². The molecule has 0 radical (unpaired) electrons. The molecule has 0 spiro atoms. The maximum atomic E-state index is 10.1. The fraction of sp³-hybridized carbons (Fsp3) is 0.750. The molecule has 5 heteroatoms. The topological polar surface area (TPSA) is 66.8 Å². The second-order valence-corrected chi connectivity index (χ2v) is 2.69. The van der Waals surface area contributed by atoms with Crippen molar-refractivity contribution in [3.63, 3.8) is 0 Å². The lowest BCUT2D eigenvalue weighted by atomic mass is 10.7. The van der Waals surface area contributed by atoms with E-state index in [2.05, 4.69) is 4.74 Å². The molecule has 4 nitrogen and oxygen atoms in total. The van der Waals surface area contributed by atoms with Crippen molar-refractivity contribution in [2.24, 2.45) is 0 Å². The van der Waals surface area contributed by atoms with Crippen molar-refractivity contribution in [3.05, 3.63) is 0 Å². The third-order valence-corrected chi connectivity index (χ3v) is 1.97. The van der Waals surface area contributed by atoms with Crippen LogP contribution < -0.4 is 0 Å². The Kier molecular flexibility index (Phi) is 1.94. The van der Waals surface area contributed by atoms with E-state index in [1.165, 1.54) is 0 Å². The van der Waals surface area contributed by atoms with Crippen LogP contribution in [-0.2, 0) is 9.53 Å². The van der Waals surface area contributed by atoms with Gasteiger partial charge in [0.25, 0.3) is 0 Å². The number of thioether (sulfide) groups is 1. The number of hydrogen-bond acceptors (Lipinski definition) is 4. The van der Waals surface area contributed by atoms with Gasteiger partial charge >= 0.3 is 5.97 Å². The Morgan fingerprint density at radius 2 is 2.44 bits per heavy atom. The standard InChI is InChI=1S/C4H6O4S/c5-2-1-9-4(8-2)3(6)7/h2,4-5H,1H2,(H,6,7)/t2-,4-/m0/s1. The van der Waals surface area contributed by atoms with Gasteiger partial charge in [-0.25, -0.2) is 4.79 Å². The van der Waals surface area contributed by atoms with Crippen molar-refractivity contribution in [3.8, 4) is 0 Å². The van der Waals surface area contributed by atoms with Crippen LogP contribution in [-0.4, -0.2) is 33.7 Å². The lowest BCUT2D eigenvalue weighted by Gasteiger charge is -2.01. The Labute approximate surface area is 55.8 Å². The molecule has 0 aromatic rings. The predicted octanol–water partition coefficient (Wildman–Crippen LogP) is -0.521. The van der Waals surface area contributed by atoms with Crippen molar-refractivity contribution in [1.82, 2.24) is 0 Å². The van der Waals surface area contributed by atoms with E-state index in [-0.39, 0.29) is 0 Å². The van der Waals surface area contributed by atoms with Gasteiger partial charge in [-0.2, -0.15) is 0 Å². The molecular formula is C4H6O4S. The summed E-state index contributed by atoms with van der Waals surface area (Å²) in [7, 11) is 0. The first kappa shape index (κ1) is 6.85. The first-order valence-corrected chi connectivity index (χ1v) is 3.43. The number of hydrogen-bond donors (Lipinski definition) is 2. The zero-order valence-electron chi connectivity index (χ0n) is 4.48.